The van der Waals surface area contributed by atoms with E-state index in [1.54, 1.807) is 30.2 Å². The van der Waals surface area contributed by atoms with Crippen molar-refractivity contribution in [1.29, 1.82) is 0 Å². The summed E-state index contributed by atoms with van der Waals surface area (Å²) >= 11 is 0. The van der Waals surface area contributed by atoms with E-state index in [1.165, 1.54) is 12.1 Å². The molecule has 0 spiro atoms. The molecule has 0 aliphatic carbocycles. The number of likely N-dealkylation sites (tertiary alicyclic amines) is 1. The Balaban J connectivity index is 1.99. The number of ether oxygens (including phenoxy) is 1. The fourth-order valence-corrected chi connectivity index (χ4v) is 4.79. The first-order valence-corrected chi connectivity index (χ1v) is 10.8. The summed E-state index contributed by atoms with van der Waals surface area (Å²) in [5.41, 5.74) is -0.787. The van der Waals surface area contributed by atoms with Crippen LogP contribution in [-0.4, -0.2) is 74.7 Å². The maximum Gasteiger partial charge on any atom is 0.223 e. The van der Waals surface area contributed by atoms with E-state index in [2.05, 4.69) is 0 Å². The van der Waals surface area contributed by atoms with Gasteiger partial charge in [-0.25, -0.2) is 8.42 Å². The van der Waals surface area contributed by atoms with E-state index in [0.29, 0.717) is 32.4 Å². The lowest BCUT2D eigenvalue weighted by Crippen LogP contribution is -2.55. The molecule has 2 N–H and O–H groups in total. The average Bonchev–Trinajstić information content (AvgIpc) is 2.68. The highest BCUT2D eigenvalue weighted by molar-refractivity contribution is 7.91. The number of sulfone groups is 1. The molecule has 1 aromatic rings. The van der Waals surface area contributed by atoms with Crippen molar-refractivity contribution in [3.8, 4) is 0 Å². The number of aliphatic hydroxyl groups is 2. The van der Waals surface area contributed by atoms with Gasteiger partial charge in [0.05, 0.1) is 23.4 Å². The molecule has 1 heterocycles. The predicted molar refractivity (Wildman–Crippen MR) is 101 cm³/mol. The number of carbonyl (C=O) groups is 1. The van der Waals surface area contributed by atoms with Gasteiger partial charge in [-0.3, -0.25) is 4.79 Å². The second-order valence-electron chi connectivity index (χ2n) is 7.12. The number of hydrogen-bond donors (Lipinski definition) is 2. The number of amides is 1. The highest BCUT2D eigenvalue weighted by Crippen LogP contribution is 2.35. The molecule has 27 heavy (non-hydrogen) atoms. The Morgan fingerprint density at radius 1 is 1.33 bits per heavy atom. The number of hydrogen-bond acceptors (Lipinski definition) is 6. The lowest BCUT2D eigenvalue weighted by Gasteiger charge is -2.45. The largest absolute Gasteiger partial charge is 0.396 e. The van der Waals surface area contributed by atoms with Gasteiger partial charge < -0.3 is 19.8 Å². The van der Waals surface area contributed by atoms with E-state index >= 15 is 0 Å². The summed E-state index contributed by atoms with van der Waals surface area (Å²) in [4.78, 5) is 14.4. The topological polar surface area (TPSA) is 104 Å². The molecule has 1 aliphatic rings. The molecule has 0 radical (unpaired) electrons. The molecule has 2 atom stereocenters. The molecule has 2 rings (SSSR count). The second-order valence-corrected chi connectivity index (χ2v) is 9.23. The highest BCUT2D eigenvalue weighted by Gasteiger charge is 2.43. The van der Waals surface area contributed by atoms with Crippen LogP contribution in [0, 0.1) is 5.41 Å². The molecule has 1 fully saturated rings. The van der Waals surface area contributed by atoms with Crippen molar-refractivity contribution >= 4 is 15.7 Å². The Kier molecular flexibility index (Phi) is 7.79. The SMILES string of the molecule is COCCC[C@@]1(CO)CN(C(=O)CCS(=O)(=O)c2ccccc2)CC[C@H]1O. The van der Waals surface area contributed by atoms with Crippen LogP contribution in [-0.2, 0) is 19.4 Å². The molecule has 0 aromatic heterocycles. The molecular formula is C19H29NO6S. The molecule has 7 nitrogen and oxygen atoms in total. The van der Waals surface area contributed by atoms with Gasteiger partial charge in [0, 0.05) is 38.6 Å². The molecule has 0 saturated carbocycles. The van der Waals surface area contributed by atoms with Gasteiger partial charge in [0.1, 0.15) is 0 Å². The number of aliphatic hydroxyl groups excluding tert-OH is 2. The van der Waals surface area contributed by atoms with Gasteiger partial charge in [0.25, 0.3) is 0 Å². The van der Waals surface area contributed by atoms with Gasteiger partial charge in [-0.15, -0.1) is 0 Å². The quantitative estimate of drug-likeness (QED) is 0.597. The Morgan fingerprint density at radius 2 is 2.04 bits per heavy atom. The zero-order chi connectivity index (χ0) is 19.9. The van der Waals surface area contributed by atoms with Crippen molar-refractivity contribution in [3.63, 3.8) is 0 Å². The second kappa shape index (κ2) is 9.64. The van der Waals surface area contributed by atoms with Gasteiger partial charge in [-0.1, -0.05) is 18.2 Å². The first kappa shape index (κ1) is 21.8. The normalized spacial score (nSPS) is 23.4. The van der Waals surface area contributed by atoms with Crippen LogP contribution < -0.4 is 0 Å². The molecule has 0 bridgehead atoms. The Hall–Kier alpha value is -1.48. The third kappa shape index (κ3) is 5.51. The van der Waals surface area contributed by atoms with Gasteiger partial charge in [0.2, 0.25) is 5.91 Å². The van der Waals surface area contributed by atoms with Crippen molar-refractivity contribution in [2.75, 3.05) is 39.2 Å². The molecule has 152 valence electrons. The van der Waals surface area contributed by atoms with E-state index in [-0.39, 0.29) is 36.1 Å². The smallest absolute Gasteiger partial charge is 0.223 e. The number of rotatable bonds is 9. The van der Waals surface area contributed by atoms with Crippen LogP contribution in [0.4, 0.5) is 0 Å². The zero-order valence-electron chi connectivity index (χ0n) is 15.7. The standard InChI is InChI=1S/C19H29NO6S/c1-26-12-5-10-19(15-21)14-20(11-8-17(19)22)18(23)9-13-27(24,25)16-6-3-2-4-7-16/h2-4,6-7,17,21-22H,5,8-15H2,1H3/t17-,19+/m1/s1. The minimum Gasteiger partial charge on any atom is -0.396 e. The van der Waals surface area contributed by atoms with Crippen molar-refractivity contribution in [2.45, 2.75) is 36.7 Å². The van der Waals surface area contributed by atoms with E-state index in [0.717, 1.165) is 0 Å². The summed E-state index contributed by atoms with van der Waals surface area (Å²) < 4.78 is 29.8. The lowest BCUT2D eigenvalue weighted by molar-refractivity contribution is -0.142. The molecule has 1 aliphatic heterocycles. The number of nitrogens with zero attached hydrogens (tertiary/aromatic N) is 1. The summed E-state index contributed by atoms with van der Waals surface area (Å²) in [6, 6.07) is 8.07. The van der Waals surface area contributed by atoms with Crippen LogP contribution in [0.1, 0.15) is 25.7 Å². The van der Waals surface area contributed by atoms with Crippen molar-refractivity contribution in [2.24, 2.45) is 5.41 Å². The molecule has 8 heteroatoms. The number of benzene rings is 1. The monoisotopic (exact) mass is 399 g/mol. The van der Waals surface area contributed by atoms with Crippen molar-refractivity contribution in [1.82, 2.24) is 4.90 Å². The molecule has 1 aromatic carbocycles. The fourth-order valence-electron chi connectivity index (χ4n) is 3.54. The lowest BCUT2D eigenvalue weighted by atomic mass is 9.74. The van der Waals surface area contributed by atoms with Gasteiger partial charge in [-0.05, 0) is 31.4 Å². The summed E-state index contributed by atoms with van der Waals surface area (Å²) in [6.07, 6.45) is 0.747. The number of carbonyl (C=O) groups excluding carboxylic acids is 1. The first-order chi connectivity index (χ1) is 12.8. The van der Waals surface area contributed by atoms with Gasteiger partial charge >= 0.3 is 0 Å². The summed E-state index contributed by atoms with van der Waals surface area (Å²) in [5, 5.41) is 20.3. The summed E-state index contributed by atoms with van der Waals surface area (Å²) in [6.45, 7) is 0.859. The van der Waals surface area contributed by atoms with Gasteiger partial charge in [0.15, 0.2) is 9.84 Å². The van der Waals surface area contributed by atoms with Crippen LogP contribution >= 0.6 is 0 Å². The molecule has 1 amide bonds. The van der Waals surface area contributed by atoms with Crippen LogP contribution in [0.3, 0.4) is 0 Å². The van der Waals surface area contributed by atoms with Gasteiger partial charge in [-0.2, -0.15) is 0 Å². The van der Waals surface area contributed by atoms with Crippen molar-refractivity contribution < 1.29 is 28.2 Å². The average molecular weight is 400 g/mol. The van der Waals surface area contributed by atoms with E-state index in [9.17, 15) is 23.4 Å². The molecular weight excluding hydrogens is 370 g/mol. The van der Waals surface area contributed by atoms with Crippen molar-refractivity contribution in [3.05, 3.63) is 30.3 Å². The fraction of sp³-hybridized carbons (Fsp3) is 0.632. The zero-order valence-corrected chi connectivity index (χ0v) is 16.5. The van der Waals surface area contributed by atoms with E-state index in [4.69, 9.17) is 4.74 Å². The van der Waals surface area contributed by atoms with E-state index in [1.807, 2.05) is 0 Å². The minimum absolute atomic E-state index is 0.118. The highest BCUT2D eigenvalue weighted by atomic mass is 32.2. The Bertz CT molecular complexity index is 708. The molecule has 1 saturated heterocycles. The van der Waals surface area contributed by atoms with Crippen LogP contribution in [0.2, 0.25) is 0 Å². The number of piperidine rings is 1. The number of methoxy groups -OCH3 is 1. The van der Waals surface area contributed by atoms with Crippen LogP contribution in [0.15, 0.2) is 35.2 Å². The van der Waals surface area contributed by atoms with Crippen LogP contribution in [0.5, 0.6) is 0 Å². The summed E-state index contributed by atoms with van der Waals surface area (Å²) in [7, 11) is -1.93. The van der Waals surface area contributed by atoms with E-state index < -0.39 is 21.4 Å². The Labute approximate surface area is 160 Å². The third-order valence-corrected chi connectivity index (χ3v) is 6.99. The van der Waals surface area contributed by atoms with Crippen LogP contribution in [0.25, 0.3) is 0 Å². The maximum atomic E-state index is 12.6. The molecule has 0 unspecified atom stereocenters. The first-order valence-electron chi connectivity index (χ1n) is 9.18. The maximum absolute atomic E-state index is 12.6. The summed E-state index contributed by atoms with van der Waals surface area (Å²) in [5.74, 6) is -0.531. The predicted octanol–water partition coefficient (Wildman–Crippen LogP) is 0.849. The third-order valence-electron chi connectivity index (χ3n) is 5.26. The minimum atomic E-state index is -3.52. The Morgan fingerprint density at radius 3 is 2.67 bits per heavy atom.